The summed E-state index contributed by atoms with van der Waals surface area (Å²) in [4.78, 5) is 12.8. The van der Waals surface area contributed by atoms with Gasteiger partial charge in [-0.05, 0) is 42.0 Å². The van der Waals surface area contributed by atoms with Gasteiger partial charge in [0.15, 0.2) is 5.82 Å². The smallest absolute Gasteiger partial charge is 0.256 e. The molecule has 168 valence electrons. The van der Waals surface area contributed by atoms with Gasteiger partial charge in [-0.3, -0.25) is 9.48 Å². The Morgan fingerprint density at radius 3 is 2.52 bits per heavy atom. The van der Waals surface area contributed by atoms with Crippen LogP contribution >= 0.6 is 34.8 Å². The Morgan fingerprint density at radius 1 is 0.970 bits per heavy atom. The van der Waals surface area contributed by atoms with Crippen molar-refractivity contribution in [2.75, 3.05) is 5.32 Å². The minimum Gasteiger partial charge on any atom is -0.487 e. The van der Waals surface area contributed by atoms with Gasteiger partial charge in [0.1, 0.15) is 23.2 Å². The lowest BCUT2D eigenvalue weighted by Crippen LogP contribution is -2.14. The van der Waals surface area contributed by atoms with E-state index in [1.165, 1.54) is 23.0 Å². The lowest BCUT2D eigenvalue weighted by Gasteiger charge is -2.09. The summed E-state index contributed by atoms with van der Waals surface area (Å²) < 4.78 is 21.2. The van der Waals surface area contributed by atoms with Crippen LogP contribution in [-0.4, -0.2) is 15.7 Å². The fourth-order valence-corrected chi connectivity index (χ4v) is 3.72. The number of carbonyl (C=O) groups excluding carboxylic acids is 1. The van der Waals surface area contributed by atoms with E-state index in [1.54, 1.807) is 36.4 Å². The quantitative estimate of drug-likeness (QED) is 0.299. The largest absolute Gasteiger partial charge is 0.487 e. The highest BCUT2D eigenvalue weighted by atomic mass is 35.5. The molecule has 4 rings (SSSR count). The molecule has 0 spiro atoms. The Hall–Kier alpha value is -3.06. The van der Waals surface area contributed by atoms with Crippen LogP contribution in [0.15, 0.2) is 72.9 Å². The number of rotatable bonds is 7. The van der Waals surface area contributed by atoms with E-state index in [0.29, 0.717) is 16.3 Å². The average molecular weight is 505 g/mol. The first-order valence-corrected chi connectivity index (χ1v) is 11.0. The number of ether oxygens (including phenoxy) is 1. The number of halogens is 4. The van der Waals surface area contributed by atoms with Crippen molar-refractivity contribution in [2.45, 2.75) is 13.2 Å². The summed E-state index contributed by atoms with van der Waals surface area (Å²) in [6.45, 7) is 0.305. The third kappa shape index (κ3) is 5.66. The summed E-state index contributed by atoms with van der Waals surface area (Å²) in [6.07, 6.45) is 1.49. The summed E-state index contributed by atoms with van der Waals surface area (Å²) >= 11 is 18.4. The third-order valence-corrected chi connectivity index (χ3v) is 5.69. The van der Waals surface area contributed by atoms with Gasteiger partial charge in [0.25, 0.3) is 5.91 Å². The Labute approximate surface area is 204 Å². The number of nitrogens with one attached hydrogen (secondary N) is 1. The zero-order valence-corrected chi connectivity index (χ0v) is 19.3. The number of carbonyl (C=O) groups is 1. The molecule has 1 aromatic heterocycles. The van der Waals surface area contributed by atoms with Crippen LogP contribution in [0.3, 0.4) is 0 Å². The number of hydrogen-bond donors (Lipinski definition) is 1. The molecule has 1 amide bonds. The highest BCUT2D eigenvalue weighted by Crippen LogP contribution is 2.25. The van der Waals surface area contributed by atoms with Gasteiger partial charge in [-0.25, -0.2) is 4.39 Å². The highest BCUT2D eigenvalue weighted by molar-refractivity contribution is 6.33. The maximum Gasteiger partial charge on any atom is 0.256 e. The van der Waals surface area contributed by atoms with E-state index in [4.69, 9.17) is 39.5 Å². The van der Waals surface area contributed by atoms with Crippen LogP contribution in [0.25, 0.3) is 0 Å². The molecule has 0 fully saturated rings. The molecule has 0 atom stereocenters. The number of anilines is 1. The molecular formula is C24H17Cl3FN3O2. The molecule has 0 saturated heterocycles. The third-order valence-electron chi connectivity index (χ3n) is 4.75. The first kappa shape index (κ1) is 23.1. The van der Waals surface area contributed by atoms with Crippen LogP contribution in [0.4, 0.5) is 10.2 Å². The molecule has 3 aromatic carbocycles. The van der Waals surface area contributed by atoms with Crippen molar-refractivity contribution in [1.29, 1.82) is 0 Å². The van der Waals surface area contributed by atoms with Crippen molar-refractivity contribution >= 4 is 46.5 Å². The molecule has 0 aliphatic rings. The number of aromatic nitrogens is 2. The molecule has 0 aliphatic carbocycles. The van der Waals surface area contributed by atoms with E-state index < -0.39 is 11.7 Å². The summed E-state index contributed by atoms with van der Waals surface area (Å²) in [7, 11) is 0. The van der Waals surface area contributed by atoms with Crippen LogP contribution in [0, 0.1) is 5.82 Å². The summed E-state index contributed by atoms with van der Waals surface area (Å²) in [5.74, 6) is -0.130. The number of hydrogen-bond acceptors (Lipinski definition) is 3. The first-order valence-electron chi connectivity index (χ1n) is 9.84. The van der Waals surface area contributed by atoms with Gasteiger partial charge in [0, 0.05) is 22.3 Å². The molecule has 0 aliphatic heterocycles. The van der Waals surface area contributed by atoms with Gasteiger partial charge >= 0.3 is 0 Å². The fourth-order valence-electron chi connectivity index (χ4n) is 3.11. The van der Waals surface area contributed by atoms with Gasteiger partial charge in [-0.15, -0.1) is 0 Å². The Morgan fingerprint density at radius 2 is 1.73 bits per heavy atom. The van der Waals surface area contributed by atoms with Gasteiger partial charge in [-0.2, -0.15) is 5.10 Å². The van der Waals surface area contributed by atoms with Crippen molar-refractivity contribution < 1.29 is 13.9 Å². The maximum atomic E-state index is 14.1. The van der Waals surface area contributed by atoms with E-state index in [2.05, 4.69) is 10.4 Å². The van der Waals surface area contributed by atoms with E-state index in [0.717, 1.165) is 5.56 Å². The zero-order chi connectivity index (χ0) is 23.4. The molecule has 5 nitrogen and oxygen atoms in total. The van der Waals surface area contributed by atoms with Gasteiger partial charge < -0.3 is 10.1 Å². The molecular weight excluding hydrogens is 488 g/mol. The number of benzene rings is 3. The number of amides is 1. The van der Waals surface area contributed by atoms with Crippen molar-refractivity contribution in [3.8, 4) is 5.75 Å². The second-order valence-electron chi connectivity index (χ2n) is 7.10. The van der Waals surface area contributed by atoms with Crippen LogP contribution in [0.5, 0.6) is 5.75 Å². The van der Waals surface area contributed by atoms with Crippen LogP contribution < -0.4 is 10.1 Å². The van der Waals surface area contributed by atoms with Crippen molar-refractivity contribution in [1.82, 2.24) is 9.78 Å². The van der Waals surface area contributed by atoms with Gasteiger partial charge in [0.05, 0.1) is 11.6 Å². The summed E-state index contributed by atoms with van der Waals surface area (Å²) in [5.41, 5.74) is 1.47. The van der Waals surface area contributed by atoms with Crippen LogP contribution in [-0.2, 0) is 13.2 Å². The number of nitrogens with zero attached hydrogens (tertiary/aromatic N) is 2. The zero-order valence-electron chi connectivity index (χ0n) is 17.1. The van der Waals surface area contributed by atoms with Crippen LogP contribution in [0.2, 0.25) is 15.1 Å². The second-order valence-corrected chi connectivity index (χ2v) is 8.32. The molecule has 4 aromatic rings. The summed E-state index contributed by atoms with van der Waals surface area (Å²) in [5, 5.41) is 7.93. The predicted octanol–water partition coefficient (Wildman–Crippen LogP) is 6.86. The Bertz CT molecular complexity index is 1290. The standard InChI is InChI=1S/C24H17Cl3FN3O2/c25-18-8-4-9-21(28)17(18)12-31-13-20(27)23(30-31)29-24(32)16-6-3-5-15(11-16)14-33-22-10-2-1-7-19(22)26/h1-11,13H,12,14H2,(H,29,30,32). The van der Waals surface area contributed by atoms with E-state index in [1.807, 2.05) is 18.2 Å². The predicted molar refractivity (Wildman–Crippen MR) is 128 cm³/mol. The van der Waals surface area contributed by atoms with E-state index >= 15 is 0 Å². The SMILES string of the molecule is O=C(Nc1nn(Cc2c(F)cccc2Cl)cc1Cl)c1cccc(COc2ccccc2Cl)c1. The highest BCUT2D eigenvalue weighted by Gasteiger charge is 2.15. The molecule has 0 bridgehead atoms. The lowest BCUT2D eigenvalue weighted by molar-refractivity contribution is 0.102. The lowest BCUT2D eigenvalue weighted by atomic mass is 10.1. The Balaban J connectivity index is 1.44. The van der Waals surface area contributed by atoms with Crippen LogP contribution in [0.1, 0.15) is 21.5 Å². The van der Waals surface area contributed by atoms with Gasteiger partial charge in [-0.1, -0.05) is 65.1 Å². The minimum atomic E-state index is -0.449. The molecule has 0 radical (unpaired) electrons. The molecule has 0 unspecified atom stereocenters. The maximum absolute atomic E-state index is 14.1. The van der Waals surface area contributed by atoms with Crippen molar-refractivity contribution in [2.24, 2.45) is 0 Å². The normalized spacial score (nSPS) is 10.8. The van der Waals surface area contributed by atoms with Gasteiger partial charge in [0.2, 0.25) is 0 Å². The minimum absolute atomic E-state index is 0.0654. The number of para-hydroxylation sites is 1. The molecule has 1 heterocycles. The van der Waals surface area contributed by atoms with Crippen molar-refractivity contribution in [3.63, 3.8) is 0 Å². The molecule has 33 heavy (non-hydrogen) atoms. The van der Waals surface area contributed by atoms with E-state index in [-0.39, 0.29) is 34.6 Å². The average Bonchev–Trinajstić information content (AvgIpc) is 3.14. The fraction of sp³-hybridized carbons (Fsp3) is 0.0833. The Kier molecular flexibility index (Phi) is 7.18. The first-order chi connectivity index (χ1) is 15.9. The molecule has 0 saturated carbocycles. The molecule has 1 N–H and O–H groups in total. The van der Waals surface area contributed by atoms with Crippen molar-refractivity contribution in [3.05, 3.63) is 111 Å². The summed E-state index contributed by atoms with van der Waals surface area (Å²) in [6, 6.07) is 18.5. The topological polar surface area (TPSA) is 56.2 Å². The molecule has 9 heteroatoms. The second kappa shape index (κ2) is 10.3. The van der Waals surface area contributed by atoms with E-state index in [9.17, 15) is 9.18 Å². The monoisotopic (exact) mass is 503 g/mol.